The number of unbranched alkanes of at least 4 members (excludes halogenated alkanes) is 8. The van der Waals surface area contributed by atoms with Crippen molar-refractivity contribution in [1.82, 2.24) is 9.80 Å². The number of hydrogen-bond acceptors (Lipinski definition) is 2. The minimum atomic E-state index is 0.166. The highest BCUT2D eigenvalue weighted by Crippen LogP contribution is 2.37. The number of nitrogens with zero attached hydrogens (tertiary/aromatic N) is 2. The average Bonchev–Trinajstić information content (AvgIpc) is 2.89. The molecule has 3 aliphatic rings. The van der Waals surface area contributed by atoms with E-state index in [2.05, 4.69) is 47.3 Å². The Kier molecular flexibility index (Phi) is 12.4. The van der Waals surface area contributed by atoms with E-state index in [-0.39, 0.29) is 11.1 Å². The normalized spacial score (nSPS) is 22.9. The van der Waals surface area contributed by atoms with Gasteiger partial charge >= 0.3 is 0 Å². The van der Waals surface area contributed by atoms with Crippen LogP contribution in [0, 0.1) is 23.7 Å². The molecule has 1 heterocycles. The van der Waals surface area contributed by atoms with Gasteiger partial charge in [0.05, 0.1) is 11.1 Å². The second-order valence-corrected chi connectivity index (χ2v) is 11.4. The van der Waals surface area contributed by atoms with Crippen molar-refractivity contribution in [1.29, 1.82) is 0 Å². The molecule has 1 aliphatic heterocycles. The van der Waals surface area contributed by atoms with Crippen LogP contribution in [-0.2, 0) is 0 Å². The van der Waals surface area contributed by atoms with Gasteiger partial charge < -0.3 is 0 Å². The van der Waals surface area contributed by atoms with E-state index >= 15 is 0 Å². The molecule has 0 aromatic carbocycles. The molecule has 192 valence electrons. The summed E-state index contributed by atoms with van der Waals surface area (Å²) < 4.78 is 0. The minimum Gasteiger partial charge on any atom is -0.285 e. The van der Waals surface area contributed by atoms with Gasteiger partial charge in [-0.25, -0.2) is 0 Å². The van der Waals surface area contributed by atoms with Gasteiger partial charge in [-0.1, -0.05) is 103 Å². The fourth-order valence-electron chi connectivity index (χ4n) is 6.61. The van der Waals surface area contributed by atoms with Crippen LogP contribution in [0.3, 0.4) is 0 Å². The van der Waals surface area contributed by atoms with Crippen LogP contribution in [0.4, 0.5) is 0 Å². The summed E-state index contributed by atoms with van der Waals surface area (Å²) in [5.41, 5.74) is 0.333. The maximum Gasteiger partial charge on any atom is 0.0826 e. The molecule has 2 heteroatoms. The van der Waals surface area contributed by atoms with Crippen LogP contribution in [-0.4, -0.2) is 47.1 Å². The van der Waals surface area contributed by atoms with Crippen LogP contribution in [0.5, 0.6) is 0 Å². The summed E-state index contributed by atoms with van der Waals surface area (Å²) in [5, 5.41) is 0. The van der Waals surface area contributed by atoms with Crippen LogP contribution in [0.1, 0.15) is 142 Å². The molecular formula is C32H54N2. The maximum absolute atomic E-state index is 3.87. The predicted octanol–water partition coefficient (Wildman–Crippen LogP) is 7.96. The molecule has 3 fully saturated rings. The molecule has 0 amide bonds. The van der Waals surface area contributed by atoms with Gasteiger partial charge in [-0.3, -0.25) is 9.80 Å². The Hall–Kier alpha value is -0.960. The zero-order chi connectivity index (χ0) is 24.0. The van der Waals surface area contributed by atoms with E-state index in [9.17, 15) is 0 Å². The van der Waals surface area contributed by atoms with Gasteiger partial charge in [-0.15, -0.1) is 11.8 Å². The zero-order valence-electron chi connectivity index (χ0n) is 22.9. The largest absolute Gasteiger partial charge is 0.285 e. The molecule has 3 rings (SSSR count). The Morgan fingerprint density at radius 3 is 1.24 bits per heavy atom. The van der Waals surface area contributed by atoms with E-state index in [0.29, 0.717) is 0 Å². The molecule has 0 bridgehead atoms. The summed E-state index contributed by atoms with van der Waals surface area (Å²) in [6.07, 6.45) is 26.2. The van der Waals surface area contributed by atoms with E-state index in [1.165, 1.54) is 142 Å². The highest BCUT2D eigenvalue weighted by atomic mass is 15.3. The number of hydrogen-bond donors (Lipinski definition) is 0. The molecule has 0 unspecified atom stereocenters. The first-order valence-electron chi connectivity index (χ1n) is 15.2. The topological polar surface area (TPSA) is 6.48 Å². The summed E-state index contributed by atoms with van der Waals surface area (Å²) in [6.45, 7) is 9.32. The lowest BCUT2D eigenvalue weighted by Gasteiger charge is -2.51. The Labute approximate surface area is 213 Å². The van der Waals surface area contributed by atoms with Crippen LogP contribution in [0.25, 0.3) is 0 Å². The third-order valence-electron chi connectivity index (χ3n) is 8.80. The average molecular weight is 467 g/mol. The first-order chi connectivity index (χ1) is 16.7. The molecule has 34 heavy (non-hydrogen) atoms. The lowest BCUT2D eigenvalue weighted by Crippen LogP contribution is -2.62. The summed E-state index contributed by atoms with van der Waals surface area (Å²) in [5.74, 6) is 15.1. The number of rotatable bonds is 10. The maximum atomic E-state index is 3.87. The Morgan fingerprint density at radius 1 is 0.500 bits per heavy atom. The van der Waals surface area contributed by atoms with Crippen molar-refractivity contribution < 1.29 is 0 Å². The summed E-state index contributed by atoms with van der Waals surface area (Å²) >= 11 is 0. The zero-order valence-corrected chi connectivity index (χ0v) is 22.9. The van der Waals surface area contributed by atoms with Crippen LogP contribution in [0.15, 0.2) is 0 Å². The molecule has 2 saturated carbocycles. The van der Waals surface area contributed by atoms with Gasteiger partial charge in [0.2, 0.25) is 0 Å². The van der Waals surface area contributed by atoms with Crippen molar-refractivity contribution in [2.45, 2.75) is 153 Å². The first-order valence-corrected chi connectivity index (χ1v) is 15.2. The Balaban J connectivity index is 1.60. The van der Waals surface area contributed by atoms with E-state index in [4.69, 9.17) is 0 Å². The van der Waals surface area contributed by atoms with Crippen LogP contribution in [0.2, 0.25) is 0 Å². The highest BCUT2D eigenvalue weighted by Gasteiger charge is 2.42. The molecule has 0 atom stereocenters. The molecule has 0 spiro atoms. The van der Waals surface area contributed by atoms with Gasteiger partial charge in [0, 0.05) is 39.0 Å². The van der Waals surface area contributed by atoms with Crippen molar-refractivity contribution in [3.63, 3.8) is 0 Å². The van der Waals surface area contributed by atoms with Crippen molar-refractivity contribution in [2.75, 3.05) is 26.2 Å². The second-order valence-electron chi connectivity index (χ2n) is 11.4. The molecule has 0 N–H and O–H groups in total. The Morgan fingerprint density at radius 2 is 0.882 bits per heavy atom. The molecule has 2 aliphatic carbocycles. The first kappa shape index (κ1) is 27.6. The van der Waals surface area contributed by atoms with Gasteiger partial charge in [-0.05, 0) is 38.5 Å². The smallest absolute Gasteiger partial charge is 0.0826 e. The fraction of sp³-hybridized carbons (Fsp3) is 0.875. The second kappa shape index (κ2) is 15.2. The Bertz CT molecular complexity index is 607. The van der Waals surface area contributed by atoms with Crippen molar-refractivity contribution >= 4 is 0 Å². The van der Waals surface area contributed by atoms with Gasteiger partial charge in [0.25, 0.3) is 0 Å². The van der Waals surface area contributed by atoms with E-state index in [1.54, 1.807) is 0 Å². The standard InChI is InChI=1S/C32H54N2/c1-3-5-7-9-11-15-21-31(23-17-13-18-24-31)33-27-29-34(30-28-33)32(25-19-14-20-26-32)22-16-12-10-8-6-4-2/h3-14,17-20,23-30H2,1-2H3. The minimum absolute atomic E-state index is 0.166. The lowest BCUT2D eigenvalue weighted by atomic mass is 9.78. The van der Waals surface area contributed by atoms with Crippen LogP contribution < -0.4 is 0 Å². The quantitative estimate of drug-likeness (QED) is 0.238. The molecule has 1 saturated heterocycles. The summed E-state index contributed by atoms with van der Waals surface area (Å²) in [4.78, 5) is 5.60. The van der Waals surface area contributed by atoms with Gasteiger partial charge in [0.15, 0.2) is 0 Å². The lowest BCUT2D eigenvalue weighted by molar-refractivity contribution is -0.000366. The molecular weight excluding hydrogens is 412 g/mol. The molecule has 0 aromatic rings. The van der Waals surface area contributed by atoms with E-state index in [1.807, 2.05) is 0 Å². The third kappa shape index (κ3) is 8.04. The van der Waals surface area contributed by atoms with Crippen molar-refractivity contribution in [2.24, 2.45) is 0 Å². The van der Waals surface area contributed by atoms with E-state index < -0.39 is 0 Å². The SMILES string of the molecule is CCCCCCC#CC1(N2CCN(C3(C#CCCCCCC)CCCCC3)CC2)CCCCC1. The monoisotopic (exact) mass is 466 g/mol. The number of piperazine rings is 1. The summed E-state index contributed by atoms with van der Waals surface area (Å²) in [7, 11) is 0. The molecule has 0 aromatic heterocycles. The van der Waals surface area contributed by atoms with Crippen LogP contribution >= 0.6 is 0 Å². The highest BCUT2D eigenvalue weighted by molar-refractivity contribution is 5.22. The van der Waals surface area contributed by atoms with Gasteiger partial charge in [0.1, 0.15) is 0 Å². The summed E-state index contributed by atoms with van der Waals surface area (Å²) in [6, 6.07) is 0. The van der Waals surface area contributed by atoms with Crippen molar-refractivity contribution in [3.05, 3.63) is 0 Å². The fourth-order valence-corrected chi connectivity index (χ4v) is 6.61. The van der Waals surface area contributed by atoms with Gasteiger partial charge in [-0.2, -0.15) is 0 Å². The molecule has 2 nitrogen and oxygen atoms in total. The van der Waals surface area contributed by atoms with E-state index in [0.717, 1.165) is 12.8 Å². The molecule has 0 radical (unpaired) electrons. The third-order valence-corrected chi connectivity index (χ3v) is 8.80. The predicted molar refractivity (Wildman–Crippen MR) is 148 cm³/mol. The van der Waals surface area contributed by atoms with Crippen molar-refractivity contribution in [3.8, 4) is 23.7 Å².